The lowest BCUT2D eigenvalue weighted by Crippen LogP contribution is -2.17. The minimum Gasteiger partial charge on any atom is -0.368 e. The number of hydrogen-bond acceptors (Lipinski definition) is 6. The van der Waals surface area contributed by atoms with Crippen LogP contribution in [0.25, 0.3) is 5.95 Å². The van der Waals surface area contributed by atoms with Crippen molar-refractivity contribution >= 4 is 27.8 Å². The molecule has 0 unspecified atom stereocenters. The molecule has 0 saturated heterocycles. The normalized spacial score (nSPS) is 10.7. The molecule has 2 N–H and O–H groups in total. The van der Waals surface area contributed by atoms with Crippen LogP contribution in [0.3, 0.4) is 0 Å². The lowest BCUT2D eigenvalue weighted by molar-refractivity contribution is 0.762. The topological polar surface area (TPSA) is 85.8 Å². The van der Waals surface area contributed by atoms with Gasteiger partial charge in [-0.3, -0.25) is 0 Å². The number of halogens is 1. The molecule has 0 radical (unpaired) electrons. The summed E-state index contributed by atoms with van der Waals surface area (Å²) in [6.45, 7) is 3.84. The molecule has 2 aromatic rings. The number of nitrogens with two attached hydrogens (primary N) is 1. The summed E-state index contributed by atoms with van der Waals surface area (Å²) in [6, 6.07) is 0. The van der Waals surface area contributed by atoms with Gasteiger partial charge in [0.05, 0.1) is 15.9 Å². The Morgan fingerprint density at radius 3 is 2.33 bits per heavy atom. The maximum absolute atomic E-state index is 5.69. The van der Waals surface area contributed by atoms with Crippen LogP contribution in [0.4, 0.5) is 11.9 Å². The van der Waals surface area contributed by atoms with E-state index in [0.29, 0.717) is 11.9 Å². The second-order valence-electron chi connectivity index (χ2n) is 4.08. The first-order chi connectivity index (χ1) is 8.40. The first kappa shape index (κ1) is 12.7. The summed E-state index contributed by atoms with van der Waals surface area (Å²) >= 11 is 3.47. The molecule has 18 heavy (non-hydrogen) atoms. The van der Waals surface area contributed by atoms with Gasteiger partial charge in [-0.15, -0.1) is 0 Å². The smallest absolute Gasteiger partial charge is 0.257 e. The van der Waals surface area contributed by atoms with E-state index in [1.54, 1.807) is 9.58 Å². The highest BCUT2D eigenvalue weighted by Crippen LogP contribution is 2.22. The molecule has 0 aliphatic rings. The number of aromatic nitrogens is 5. The number of nitrogen functional groups attached to an aromatic ring is 1. The van der Waals surface area contributed by atoms with E-state index in [2.05, 4.69) is 36.0 Å². The first-order valence-corrected chi connectivity index (χ1v) is 6.10. The van der Waals surface area contributed by atoms with E-state index in [-0.39, 0.29) is 5.95 Å². The lowest BCUT2D eigenvalue weighted by atomic mass is 10.4. The van der Waals surface area contributed by atoms with Gasteiger partial charge in [0.2, 0.25) is 11.9 Å². The average Bonchev–Trinajstić information content (AvgIpc) is 2.56. The fourth-order valence-corrected chi connectivity index (χ4v) is 1.73. The minimum absolute atomic E-state index is 0.173. The Hall–Kier alpha value is -1.70. The fraction of sp³-hybridized carbons (Fsp3) is 0.400. The SMILES string of the molecule is Cc1nn(-c2nc(N)nc(N(C)C)n2)c(C)c1Br. The monoisotopic (exact) mass is 311 g/mol. The molecule has 8 heteroatoms. The highest BCUT2D eigenvalue weighted by molar-refractivity contribution is 9.10. The van der Waals surface area contributed by atoms with Crippen molar-refractivity contribution in [3.05, 3.63) is 15.9 Å². The zero-order valence-electron chi connectivity index (χ0n) is 10.6. The summed E-state index contributed by atoms with van der Waals surface area (Å²) in [5, 5.41) is 4.36. The predicted molar refractivity (Wildman–Crippen MR) is 72.9 cm³/mol. The summed E-state index contributed by atoms with van der Waals surface area (Å²) in [4.78, 5) is 14.2. The van der Waals surface area contributed by atoms with Crippen molar-refractivity contribution < 1.29 is 0 Å². The van der Waals surface area contributed by atoms with E-state index < -0.39 is 0 Å². The summed E-state index contributed by atoms with van der Waals surface area (Å²) < 4.78 is 2.58. The van der Waals surface area contributed by atoms with Crippen molar-refractivity contribution in [1.82, 2.24) is 24.7 Å². The van der Waals surface area contributed by atoms with Crippen LogP contribution in [0.5, 0.6) is 0 Å². The molecule has 0 fully saturated rings. The first-order valence-electron chi connectivity index (χ1n) is 5.31. The average molecular weight is 312 g/mol. The van der Waals surface area contributed by atoms with Gasteiger partial charge < -0.3 is 10.6 Å². The Morgan fingerprint density at radius 2 is 1.83 bits per heavy atom. The van der Waals surface area contributed by atoms with Crippen LogP contribution in [-0.2, 0) is 0 Å². The van der Waals surface area contributed by atoms with Crippen molar-refractivity contribution in [2.24, 2.45) is 0 Å². The summed E-state index contributed by atoms with van der Waals surface area (Å²) in [7, 11) is 3.69. The molecule has 7 nitrogen and oxygen atoms in total. The second kappa shape index (κ2) is 4.52. The summed E-state index contributed by atoms with van der Waals surface area (Å²) in [5.74, 6) is 1.09. The van der Waals surface area contributed by atoms with Gasteiger partial charge in [0.1, 0.15) is 0 Å². The second-order valence-corrected chi connectivity index (χ2v) is 4.88. The van der Waals surface area contributed by atoms with Gasteiger partial charge in [-0.2, -0.15) is 20.1 Å². The minimum atomic E-state index is 0.173. The van der Waals surface area contributed by atoms with E-state index in [9.17, 15) is 0 Å². The molecule has 2 aromatic heterocycles. The molecule has 2 heterocycles. The maximum Gasteiger partial charge on any atom is 0.257 e. The molecule has 0 aliphatic carbocycles. The molecule has 0 spiro atoms. The van der Waals surface area contributed by atoms with E-state index in [0.717, 1.165) is 15.9 Å². The van der Waals surface area contributed by atoms with Crippen LogP contribution in [0.1, 0.15) is 11.4 Å². The summed E-state index contributed by atoms with van der Waals surface area (Å²) in [5.41, 5.74) is 7.48. The molecule has 0 bridgehead atoms. The fourth-order valence-electron chi connectivity index (χ4n) is 1.48. The van der Waals surface area contributed by atoms with Crippen LogP contribution >= 0.6 is 15.9 Å². The Morgan fingerprint density at radius 1 is 1.17 bits per heavy atom. The zero-order valence-corrected chi connectivity index (χ0v) is 12.2. The van der Waals surface area contributed by atoms with Gasteiger partial charge in [0.15, 0.2) is 0 Å². The van der Waals surface area contributed by atoms with Gasteiger partial charge in [-0.05, 0) is 29.8 Å². The molecule has 0 aromatic carbocycles. The number of hydrogen-bond donors (Lipinski definition) is 1. The van der Waals surface area contributed by atoms with Crippen LogP contribution in [-0.4, -0.2) is 38.8 Å². The zero-order chi connectivity index (χ0) is 13.4. The maximum atomic E-state index is 5.69. The molecular weight excluding hydrogens is 298 g/mol. The highest BCUT2D eigenvalue weighted by atomic mass is 79.9. The Labute approximate surface area is 113 Å². The molecule has 0 saturated carbocycles. The van der Waals surface area contributed by atoms with Crippen molar-refractivity contribution in [3.8, 4) is 5.95 Å². The number of rotatable bonds is 2. The van der Waals surface area contributed by atoms with Gasteiger partial charge in [0.25, 0.3) is 5.95 Å². The van der Waals surface area contributed by atoms with Gasteiger partial charge >= 0.3 is 0 Å². The van der Waals surface area contributed by atoms with E-state index in [1.807, 2.05) is 27.9 Å². The number of nitrogens with zero attached hydrogens (tertiary/aromatic N) is 6. The Kier molecular flexibility index (Phi) is 3.20. The third-order valence-corrected chi connectivity index (χ3v) is 3.57. The Bertz CT molecular complexity index is 590. The molecule has 0 aliphatic heterocycles. The lowest BCUT2D eigenvalue weighted by Gasteiger charge is -2.11. The van der Waals surface area contributed by atoms with Gasteiger partial charge in [-0.1, -0.05) is 0 Å². The van der Waals surface area contributed by atoms with Crippen molar-refractivity contribution in [3.63, 3.8) is 0 Å². The third kappa shape index (κ3) is 2.15. The molecule has 2 rings (SSSR count). The number of aryl methyl sites for hydroxylation is 1. The van der Waals surface area contributed by atoms with Crippen molar-refractivity contribution in [2.45, 2.75) is 13.8 Å². The molecule has 96 valence electrons. The molecule has 0 atom stereocenters. The quantitative estimate of drug-likeness (QED) is 0.893. The highest BCUT2D eigenvalue weighted by Gasteiger charge is 2.14. The summed E-state index contributed by atoms with van der Waals surface area (Å²) in [6.07, 6.45) is 0. The largest absolute Gasteiger partial charge is 0.368 e. The third-order valence-electron chi connectivity index (χ3n) is 2.42. The van der Waals surface area contributed by atoms with E-state index >= 15 is 0 Å². The number of anilines is 2. The van der Waals surface area contributed by atoms with Crippen LogP contribution in [0.2, 0.25) is 0 Å². The standard InChI is InChI=1S/C10H14BrN7/c1-5-7(11)6(2)18(16-5)10-14-8(12)13-9(15-10)17(3)4/h1-4H3,(H2,12,13,14,15). The van der Waals surface area contributed by atoms with Gasteiger partial charge in [0, 0.05) is 14.1 Å². The van der Waals surface area contributed by atoms with Crippen LogP contribution in [0.15, 0.2) is 4.47 Å². The predicted octanol–water partition coefficient (Wildman–Crippen LogP) is 1.08. The van der Waals surface area contributed by atoms with E-state index in [4.69, 9.17) is 5.73 Å². The molecular formula is C10H14BrN7. The Balaban J connectivity index is 2.60. The van der Waals surface area contributed by atoms with E-state index in [1.165, 1.54) is 0 Å². The van der Waals surface area contributed by atoms with Crippen LogP contribution in [0, 0.1) is 13.8 Å². The van der Waals surface area contributed by atoms with Crippen LogP contribution < -0.4 is 10.6 Å². The van der Waals surface area contributed by atoms with Crippen molar-refractivity contribution in [2.75, 3.05) is 24.7 Å². The molecule has 0 amide bonds. The van der Waals surface area contributed by atoms with Crippen molar-refractivity contribution in [1.29, 1.82) is 0 Å². The van der Waals surface area contributed by atoms with Gasteiger partial charge in [-0.25, -0.2) is 4.68 Å².